The van der Waals surface area contributed by atoms with Crippen LogP contribution in [0.2, 0.25) is 0 Å². The van der Waals surface area contributed by atoms with E-state index in [1.54, 1.807) is 0 Å². The normalized spacial score (nSPS) is 15.5. The highest BCUT2D eigenvalue weighted by molar-refractivity contribution is 5.84. The average molecular weight is 262 g/mol. The number of amides is 3. The molecule has 1 aromatic carbocycles. The minimum absolute atomic E-state index is 0.0549. The third kappa shape index (κ3) is 3.69. The van der Waals surface area contributed by atoms with Gasteiger partial charge in [-0.1, -0.05) is 30.3 Å². The van der Waals surface area contributed by atoms with E-state index < -0.39 is 0 Å². The van der Waals surface area contributed by atoms with Gasteiger partial charge in [0, 0.05) is 19.6 Å². The molecule has 1 heterocycles. The molecule has 6 heteroatoms. The molecule has 0 spiro atoms. The van der Waals surface area contributed by atoms with E-state index in [2.05, 4.69) is 5.32 Å². The average Bonchev–Trinajstić information content (AvgIpc) is 2.43. The molecule has 0 aromatic heterocycles. The molecule has 102 valence electrons. The van der Waals surface area contributed by atoms with Crippen molar-refractivity contribution in [2.45, 2.75) is 13.0 Å². The summed E-state index contributed by atoms with van der Waals surface area (Å²) in [4.78, 5) is 24.9. The van der Waals surface area contributed by atoms with Crippen molar-refractivity contribution in [1.29, 1.82) is 0 Å². The maximum absolute atomic E-state index is 11.8. The van der Waals surface area contributed by atoms with E-state index in [9.17, 15) is 9.59 Å². The molecular formula is C13H18N4O2. The van der Waals surface area contributed by atoms with E-state index in [0.717, 1.165) is 17.0 Å². The fourth-order valence-corrected chi connectivity index (χ4v) is 1.98. The summed E-state index contributed by atoms with van der Waals surface area (Å²) in [7, 11) is 0. The summed E-state index contributed by atoms with van der Waals surface area (Å²) in [5.41, 5.74) is 1.03. The molecule has 3 N–H and O–H groups in total. The largest absolute Gasteiger partial charge is 0.350 e. The molecule has 19 heavy (non-hydrogen) atoms. The molecule has 1 aliphatic rings. The standard InChI is InChI=1S/C13H18N4O2/c14-17-8-4-7-16(13(17)19)10-12(18)15-9-11-5-2-1-3-6-11/h1-3,5-6H,4,7-10,14H2,(H,15,18). The molecule has 0 unspecified atom stereocenters. The third-order valence-electron chi connectivity index (χ3n) is 3.01. The zero-order valence-electron chi connectivity index (χ0n) is 10.7. The van der Waals surface area contributed by atoms with Gasteiger partial charge >= 0.3 is 6.03 Å². The number of nitrogens with zero attached hydrogens (tertiary/aromatic N) is 2. The second-order valence-electron chi connectivity index (χ2n) is 4.51. The molecule has 0 atom stereocenters. The molecule has 1 aromatic rings. The van der Waals surface area contributed by atoms with Crippen molar-refractivity contribution in [2.24, 2.45) is 5.84 Å². The Labute approximate surface area is 112 Å². The van der Waals surface area contributed by atoms with Gasteiger partial charge in [0.15, 0.2) is 0 Å². The topological polar surface area (TPSA) is 78.7 Å². The molecule has 2 rings (SSSR count). The van der Waals surface area contributed by atoms with Crippen LogP contribution in [0.4, 0.5) is 4.79 Å². The van der Waals surface area contributed by atoms with Gasteiger partial charge < -0.3 is 10.2 Å². The van der Waals surface area contributed by atoms with E-state index in [1.807, 2.05) is 30.3 Å². The van der Waals surface area contributed by atoms with Crippen molar-refractivity contribution in [3.05, 3.63) is 35.9 Å². The first-order valence-corrected chi connectivity index (χ1v) is 6.28. The summed E-state index contributed by atoms with van der Waals surface area (Å²) < 4.78 is 0. The van der Waals surface area contributed by atoms with Crippen molar-refractivity contribution in [2.75, 3.05) is 19.6 Å². The lowest BCUT2D eigenvalue weighted by atomic mass is 10.2. The van der Waals surface area contributed by atoms with Crippen molar-refractivity contribution in [3.8, 4) is 0 Å². The monoisotopic (exact) mass is 262 g/mol. The van der Waals surface area contributed by atoms with Gasteiger partial charge in [0.05, 0.1) is 0 Å². The van der Waals surface area contributed by atoms with Crippen molar-refractivity contribution >= 4 is 11.9 Å². The summed E-state index contributed by atoms with van der Waals surface area (Å²) in [6.45, 7) is 1.64. The second-order valence-corrected chi connectivity index (χ2v) is 4.51. The van der Waals surface area contributed by atoms with Crippen LogP contribution in [-0.4, -0.2) is 41.5 Å². The third-order valence-corrected chi connectivity index (χ3v) is 3.01. The van der Waals surface area contributed by atoms with Crippen molar-refractivity contribution < 1.29 is 9.59 Å². The highest BCUT2D eigenvalue weighted by atomic mass is 16.2. The van der Waals surface area contributed by atoms with Crippen LogP contribution in [0.3, 0.4) is 0 Å². The first-order chi connectivity index (χ1) is 9.16. The lowest BCUT2D eigenvalue weighted by Gasteiger charge is -2.32. The maximum Gasteiger partial charge on any atom is 0.334 e. The zero-order chi connectivity index (χ0) is 13.7. The maximum atomic E-state index is 11.8. The van der Waals surface area contributed by atoms with Crippen molar-refractivity contribution in [3.63, 3.8) is 0 Å². The van der Waals surface area contributed by atoms with E-state index in [1.165, 1.54) is 4.90 Å². The van der Waals surface area contributed by atoms with Crippen LogP contribution in [0.1, 0.15) is 12.0 Å². The molecule has 0 saturated carbocycles. The molecule has 0 aliphatic carbocycles. The molecule has 3 amide bonds. The number of rotatable bonds is 4. The number of carbonyl (C=O) groups excluding carboxylic acids is 2. The summed E-state index contributed by atoms with van der Waals surface area (Å²) in [5.74, 6) is 5.35. The van der Waals surface area contributed by atoms with Crippen LogP contribution in [0.5, 0.6) is 0 Å². The van der Waals surface area contributed by atoms with Gasteiger partial charge in [-0.3, -0.25) is 9.80 Å². The van der Waals surface area contributed by atoms with Gasteiger partial charge in [-0.15, -0.1) is 0 Å². The van der Waals surface area contributed by atoms with E-state index in [-0.39, 0.29) is 18.5 Å². The van der Waals surface area contributed by atoms with Gasteiger partial charge in [-0.05, 0) is 12.0 Å². The molecule has 1 aliphatic heterocycles. The first kappa shape index (κ1) is 13.4. The van der Waals surface area contributed by atoms with Crippen LogP contribution >= 0.6 is 0 Å². The van der Waals surface area contributed by atoms with Crippen LogP contribution < -0.4 is 11.2 Å². The van der Waals surface area contributed by atoms with Crippen LogP contribution in [-0.2, 0) is 11.3 Å². The lowest BCUT2D eigenvalue weighted by molar-refractivity contribution is -0.122. The summed E-state index contributed by atoms with van der Waals surface area (Å²) in [6, 6.07) is 9.35. The minimum atomic E-state index is -0.291. The fraction of sp³-hybridized carbons (Fsp3) is 0.385. The Morgan fingerprint density at radius 3 is 2.74 bits per heavy atom. The number of nitrogens with two attached hydrogens (primary N) is 1. The Morgan fingerprint density at radius 1 is 1.26 bits per heavy atom. The molecule has 1 fully saturated rings. The SMILES string of the molecule is NN1CCCN(CC(=O)NCc2ccccc2)C1=O. The summed E-state index contributed by atoms with van der Waals surface area (Å²) in [6.07, 6.45) is 0.786. The lowest BCUT2D eigenvalue weighted by Crippen LogP contribution is -2.54. The quantitative estimate of drug-likeness (QED) is 0.605. The van der Waals surface area contributed by atoms with Gasteiger partial charge in [-0.25, -0.2) is 10.6 Å². The number of hydrazine groups is 1. The Kier molecular flexibility index (Phi) is 4.35. The second kappa shape index (κ2) is 6.19. The van der Waals surface area contributed by atoms with Crippen LogP contribution in [0.25, 0.3) is 0 Å². The number of nitrogens with one attached hydrogen (secondary N) is 1. The highest BCUT2D eigenvalue weighted by Crippen LogP contribution is 2.04. The molecule has 6 nitrogen and oxygen atoms in total. The zero-order valence-corrected chi connectivity index (χ0v) is 10.7. The Hall–Kier alpha value is -2.08. The predicted molar refractivity (Wildman–Crippen MR) is 70.8 cm³/mol. The first-order valence-electron chi connectivity index (χ1n) is 6.28. The number of urea groups is 1. The summed E-state index contributed by atoms with van der Waals surface area (Å²) >= 11 is 0. The van der Waals surface area contributed by atoms with Gasteiger partial charge in [0.2, 0.25) is 5.91 Å². The number of hydrogen-bond donors (Lipinski definition) is 2. The predicted octanol–water partition coefficient (Wildman–Crippen LogP) is 0.304. The number of hydrogen-bond acceptors (Lipinski definition) is 3. The van der Waals surface area contributed by atoms with Gasteiger partial charge in [-0.2, -0.15) is 0 Å². The fourth-order valence-electron chi connectivity index (χ4n) is 1.98. The highest BCUT2D eigenvalue weighted by Gasteiger charge is 2.24. The van der Waals surface area contributed by atoms with E-state index in [0.29, 0.717) is 19.6 Å². The molecule has 0 bridgehead atoms. The van der Waals surface area contributed by atoms with Crippen LogP contribution in [0, 0.1) is 0 Å². The number of benzene rings is 1. The van der Waals surface area contributed by atoms with E-state index in [4.69, 9.17) is 5.84 Å². The Bertz CT molecular complexity index is 449. The van der Waals surface area contributed by atoms with Crippen LogP contribution in [0.15, 0.2) is 30.3 Å². The Morgan fingerprint density at radius 2 is 2.00 bits per heavy atom. The molecule has 1 saturated heterocycles. The van der Waals surface area contributed by atoms with Gasteiger partial charge in [0.1, 0.15) is 6.54 Å². The minimum Gasteiger partial charge on any atom is -0.350 e. The molecule has 0 radical (unpaired) electrons. The van der Waals surface area contributed by atoms with E-state index >= 15 is 0 Å². The smallest absolute Gasteiger partial charge is 0.334 e. The number of carbonyl (C=O) groups is 2. The van der Waals surface area contributed by atoms with Gasteiger partial charge in [0.25, 0.3) is 0 Å². The van der Waals surface area contributed by atoms with Crippen molar-refractivity contribution in [1.82, 2.24) is 15.2 Å². The summed E-state index contributed by atoms with van der Waals surface area (Å²) in [5, 5.41) is 3.94. The molecular weight excluding hydrogens is 244 g/mol. The Balaban J connectivity index is 1.79.